The van der Waals surface area contributed by atoms with E-state index in [9.17, 15) is 8.78 Å². The van der Waals surface area contributed by atoms with E-state index in [0.29, 0.717) is 16.7 Å². The first-order chi connectivity index (χ1) is 11.0. The average Bonchev–Trinajstić information content (AvgIpc) is 3.00. The van der Waals surface area contributed by atoms with Gasteiger partial charge in [0, 0.05) is 16.5 Å². The molecule has 0 aliphatic rings. The van der Waals surface area contributed by atoms with Crippen molar-refractivity contribution in [3.05, 3.63) is 65.6 Å². The Hall–Kier alpha value is -2.21. The molecule has 3 rings (SSSR count). The Bertz CT molecular complexity index is 835. The highest BCUT2D eigenvalue weighted by Crippen LogP contribution is 2.36. The van der Waals surface area contributed by atoms with Gasteiger partial charge in [-0.15, -0.1) is 22.0 Å². The quantitative estimate of drug-likeness (QED) is 0.617. The van der Waals surface area contributed by atoms with Crippen molar-refractivity contribution in [1.82, 2.24) is 10.2 Å². The SMILES string of the molecule is Cc1cccc(-c2nnc(C(C)Sc3ccc(F)cc3F)o2)c1. The first kappa shape index (κ1) is 15.7. The van der Waals surface area contributed by atoms with Crippen LogP contribution >= 0.6 is 11.8 Å². The number of thioether (sulfide) groups is 1. The lowest BCUT2D eigenvalue weighted by Crippen LogP contribution is -1.91. The monoisotopic (exact) mass is 332 g/mol. The molecule has 0 radical (unpaired) electrons. The van der Waals surface area contributed by atoms with Gasteiger partial charge in [0.2, 0.25) is 11.8 Å². The molecule has 1 unspecified atom stereocenters. The summed E-state index contributed by atoms with van der Waals surface area (Å²) in [5.41, 5.74) is 1.94. The largest absolute Gasteiger partial charge is 0.419 e. The van der Waals surface area contributed by atoms with Gasteiger partial charge in [0.05, 0.1) is 5.25 Å². The van der Waals surface area contributed by atoms with Crippen LogP contribution in [-0.2, 0) is 0 Å². The number of benzene rings is 2. The van der Waals surface area contributed by atoms with Crippen LogP contribution in [0.2, 0.25) is 0 Å². The molecule has 3 nitrogen and oxygen atoms in total. The maximum atomic E-state index is 13.7. The van der Waals surface area contributed by atoms with Crippen LogP contribution in [0.25, 0.3) is 11.5 Å². The Kier molecular flexibility index (Phi) is 4.43. The topological polar surface area (TPSA) is 38.9 Å². The fraction of sp³-hybridized carbons (Fsp3) is 0.176. The van der Waals surface area contributed by atoms with Gasteiger partial charge in [-0.2, -0.15) is 0 Å². The van der Waals surface area contributed by atoms with Crippen molar-refractivity contribution in [3.8, 4) is 11.5 Å². The highest BCUT2D eigenvalue weighted by Gasteiger charge is 2.18. The molecule has 0 saturated heterocycles. The zero-order valence-corrected chi connectivity index (χ0v) is 13.4. The van der Waals surface area contributed by atoms with Gasteiger partial charge in [0.15, 0.2) is 0 Å². The summed E-state index contributed by atoms with van der Waals surface area (Å²) in [6, 6.07) is 11.2. The van der Waals surface area contributed by atoms with E-state index >= 15 is 0 Å². The smallest absolute Gasteiger partial charge is 0.247 e. The standard InChI is InChI=1S/C17H14F2N2OS/c1-10-4-3-5-12(8-10)17-21-20-16(22-17)11(2)23-15-7-6-13(18)9-14(15)19/h3-9,11H,1-2H3. The molecule has 6 heteroatoms. The lowest BCUT2D eigenvalue weighted by Gasteiger charge is -2.07. The van der Waals surface area contributed by atoms with Crippen molar-refractivity contribution >= 4 is 11.8 Å². The van der Waals surface area contributed by atoms with Gasteiger partial charge in [-0.3, -0.25) is 0 Å². The molecular weight excluding hydrogens is 318 g/mol. The van der Waals surface area contributed by atoms with Crippen molar-refractivity contribution < 1.29 is 13.2 Å². The van der Waals surface area contributed by atoms with Gasteiger partial charge in [-0.25, -0.2) is 8.78 Å². The highest BCUT2D eigenvalue weighted by atomic mass is 32.2. The van der Waals surface area contributed by atoms with Crippen LogP contribution in [-0.4, -0.2) is 10.2 Å². The zero-order chi connectivity index (χ0) is 16.4. The Morgan fingerprint density at radius 1 is 1.09 bits per heavy atom. The molecule has 0 N–H and O–H groups in total. The van der Waals surface area contributed by atoms with Gasteiger partial charge in [-0.05, 0) is 38.1 Å². The average molecular weight is 332 g/mol. The van der Waals surface area contributed by atoms with Crippen molar-refractivity contribution in [2.45, 2.75) is 24.0 Å². The predicted octanol–water partition coefficient (Wildman–Crippen LogP) is 5.18. The molecule has 0 fully saturated rings. The summed E-state index contributed by atoms with van der Waals surface area (Å²) in [5, 5.41) is 7.83. The third-order valence-electron chi connectivity index (χ3n) is 3.25. The molecule has 0 amide bonds. The molecule has 1 aromatic heterocycles. The molecule has 1 atom stereocenters. The molecule has 0 aliphatic carbocycles. The van der Waals surface area contributed by atoms with Crippen LogP contribution in [0.15, 0.2) is 51.8 Å². The van der Waals surface area contributed by atoms with Crippen LogP contribution in [0.5, 0.6) is 0 Å². The number of hydrogen-bond acceptors (Lipinski definition) is 4. The molecule has 118 valence electrons. The number of hydrogen-bond donors (Lipinski definition) is 0. The third kappa shape index (κ3) is 3.59. The summed E-state index contributed by atoms with van der Waals surface area (Å²) in [7, 11) is 0. The second-order valence-electron chi connectivity index (χ2n) is 5.15. The second kappa shape index (κ2) is 6.50. The lowest BCUT2D eigenvalue weighted by atomic mass is 10.1. The number of nitrogens with zero attached hydrogens (tertiary/aromatic N) is 2. The summed E-state index contributed by atoms with van der Waals surface area (Å²) >= 11 is 1.21. The second-order valence-corrected chi connectivity index (χ2v) is 6.53. The summed E-state index contributed by atoms with van der Waals surface area (Å²) in [6.45, 7) is 3.82. The van der Waals surface area contributed by atoms with E-state index in [1.165, 1.54) is 23.9 Å². The van der Waals surface area contributed by atoms with Crippen molar-refractivity contribution in [2.24, 2.45) is 0 Å². The van der Waals surface area contributed by atoms with Crippen LogP contribution in [0, 0.1) is 18.6 Å². The van der Waals surface area contributed by atoms with Crippen LogP contribution in [0.1, 0.15) is 23.6 Å². The molecule has 0 spiro atoms. The Balaban J connectivity index is 1.79. The summed E-state index contributed by atoms with van der Waals surface area (Å²) in [5.74, 6) is -0.370. The lowest BCUT2D eigenvalue weighted by molar-refractivity contribution is 0.508. The maximum Gasteiger partial charge on any atom is 0.247 e. The Morgan fingerprint density at radius 3 is 2.65 bits per heavy atom. The maximum absolute atomic E-state index is 13.7. The summed E-state index contributed by atoms with van der Waals surface area (Å²) < 4.78 is 32.3. The molecule has 3 aromatic rings. The Labute approximate surface area is 136 Å². The van der Waals surface area contributed by atoms with Gasteiger partial charge in [0.25, 0.3) is 0 Å². The normalized spacial score (nSPS) is 12.3. The molecule has 1 heterocycles. The summed E-state index contributed by atoms with van der Waals surface area (Å²) in [4.78, 5) is 0.342. The molecule has 23 heavy (non-hydrogen) atoms. The molecule has 0 aliphatic heterocycles. The number of aromatic nitrogens is 2. The summed E-state index contributed by atoms with van der Waals surface area (Å²) in [6.07, 6.45) is 0. The predicted molar refractivity (Wildman–Crippen MR) is 85.1 cm³/mol. The molecule has 0 bridgehead atoms. The minimum atomic E-state index is -0.598. The van der Waals surface area contributed by atoms with Crippen molar-refractivity contribution in [1.29, 1.82) is 0 Å². The third-order valence-corrected chi connectivity index (χ3v) is 4.39. The van der Waals surface area contributed by atoms with Gasteiger partial charge in [-0.1, -0.05) is 17.7 Å². The van der Waals surface area contributed by atoms with E-state index in [1.54, 1.807) is 0 Å². The van der Waals surface area contributed by atoms with Gasteiger partial charge >= 0.3 is 0 Å². The van der Waals surface area contributed by atoms with Crippen LogP contribution in [0.4, 0.5) is 8.78 Å². The fourth-order valence-electron chi connectivity index (χ4n) is 2.11. The first-order valence-corrected chi connectivity index (χ1v) is 7.93. The van der Waals surface area contributed by atoms with E-state index in [4.69, 9.17) is 4.42 Å². The van der Waals surface area contributed by atoms with E-state index in [1.807, 2.05) is 38.1 Å². The number of rotatable bonds is 4. The van der Waals surface area contributed by atoms with Crippen LogP contribution < -0.4 is 0 Å². The highest BCUT2D eigenvalue weighted by molar-refractivity contribution is 7.99. The van der Waals surface area contributed by atoms with E-state index in [0.717, 1.165) is 17.2 Å². The molecule has 2 aromatic carbocycles. The first-order valence-electron chi connectivity index (χ1n) is 7.05. The zero-order valence-electron chi connectivity index (χ0n) is 12.6. The van der Waals surface area contributed by atoms with E-state index < -0.39 is 11.6 Å². The fourth-order valence-corrected chi connectivity index (χ4v) is 3.00. The minimum absolute atomic E-state index is 0.249. The van der Waals surface area contributed by atoms with Crippen molar-refractivity contribution in [2.75, 3.05) is 0 Å². The number of halogens is 2. The molecular formula is C17H14F2N2OS. The minimum Gasteiger partial charge on any atom is -0.419 e. The Morgan fingerprint density at radius 2 is 1.91 bits per heavy atom. The van der Waals surface area contributed by atoms with E-state index in [2.05, 4.69) is 10.2 Å². The van der Waals surface area contributed by atoms with Crippen molar-refractivity contribution in [3.63, 3.8) is 0 Å². The van der Waals surface area contributed by atoms with Gasteiger partial charge < -0.3 is 4.42 Å². The van der Waals surface area contributed by atoms with Gasteiger partial charge in [0.1, 0.15) is 11.6 Å². The molecule has 0 saturated carbocycles. The number of aryl methyl sites for hydroxylation is 1. The van der Waals surface area contributed by atoms with E-state index in [-0.39, 0.29) is 5.25 Å². The van der Waals surface area contributed by atoms with Crippen LogP contribution in [0.3, 0.4) is 0 Å².